The number of aromatic nitrogens is 3. The molecule has 0 aliphatic heterocycles. The molecule has 0 atom stereocenters. The Morgan fingerprint density at radius 2 is 1.77 bits per heavy atom. The highest BCUT2D eigenvalue weighted by molar-refractivity contribution is 6.00. The minimum absolute atomic E-state index is 0.250. The zero-order valence-corrected chi connectivity index (χ0v) is 13.2. The van der Waals surface area contributed by atoms with E-state index in [1.165, 1.54) is 11.9 Å². The van der Waals surface area contributed by atoms with E-state index in [1.807, 2.05) is 0 Å². The normalized spacial score (nSPS) is 10.4. The van der Waals surface area contributed by atoms with Crippen molar-refractivity contribution in [3.8, 4) is 11.1 Å². The third-order valence-corrected chi connectivity index (χ3v) is 3.39. The maximum atomic E-state index is 7.57. The zero-order chi connectivity index (χ0) is 16.1. The smallest absolute Gasteiger partial charge is 0.146 e. The Balaban J connectivity index is 0.000000545. The highest BCUT2D eigenvalue weighted by atomic mass is 16.2. The molecule has 0 unspecified atom stereocenters. The van der Waals surface area contributed by atoms with E-state index in [4.69, 9.17) is 10.8 Å². The lowest BCUT2D eigenvalue weighted by Crippen LogP contribution is -1.96. The second kappa shape index (κ2) is 7.04. The number of fused-ring (bicyclic) bond motifs is 1. The minimum atomic E-state index is 0.250. The van der Waals surface area contributed by atoms with Gasteiger partial charge in [-0.15, -0.1) is 0 Å². The first kappa shape index (κ1) is 16.0. The molecule has 0 saturated heterocycles. The molecule has 0 aliphatic rings. The van der Waals surface area contributed by atoms with E-state index in [0.29, 0.717) is 5.82 Å². The van der Waals surface area contributed by atoms with Crippen LogP contribution in [0.5, 0.6) is 0 Å². The summed E-state index contributed by atoms with van der Waals surface area (Å²) < 4.78 is 2.10. The average Bonchev–Trinajstić information content (AvgIpc) is 2.89. The van der Waals surface area contributed by atoms with Gasteiger partial charge in [0.15, 0.2) is 0 Å². The number of hydrogen-bond donors (Lipinski definition) is 2. The molecule has 3 aromatic rings. The van der Waals surface area contributed by atoms with Crippen molar-refractivity contribution in [2.24, 2.45) is 0 Å². The lowest BCUT2D eigenvalue weighted by Gasteiger charge is -2.01. The molecule has 0 fully saturated rings. The molecule has 2 aromatic heterocycles. The van der Waals surface area contributed by atoms with Crippen LogP contribution in [0.2, 0.25) is 0 Å². The number of hydrogen-bond acceptors (Lipinski definition) is 4. The summed E-state index contributed by atoms with van der Waals surface area (Å²) in [7, 11) is 0. The van der Waals surface area contributed by atoms with Crippen LogP contribution in [0, 0.1) is 6.92 Å². The van der Waals surface area contributed by atoms with Crippen LogP contribution in [0.25, 0.3) is 22.2 Å². The molecule has 116 valence electrons. The molecule has 0 aliphatic carbocycles. The summed E-state index contributed by atoms with van der Waals surface area (Å²) in [5.74, 6) is 0.535. The largest absolute Gasteiger partial charge is 0.397 e. The number of aliphatic hydroxyl groups is 1. The van der Waals surface area contributed by atoms with Gasteiger partial charge in [-0.3, -0.25) is 0 Å². The first-order valence-electron chi connectivity index (χ1n) is 7.39. The van der Waals surface area contributed by atoms with Gasteiger partial charge in [-0.25, -0.2) is 9.97 Å². The third kappa shape index (κ3) is 3.09. The van der Waals surface area contributed by atoms with Gasteiger partial charge in [0.05, 0.1) is 5.39 Å². The Bertz CT molecular complexity index is 747. The standard InChI is InChI=1S/C15H16N4.C2H6O/c1-3-19-8-12(11-6-4-10(2)5-7-11)13-14(16)17-9-18-15(13)19;1-2-3/h4-9H,3H2,1-2H3,(H2,16,17,18);3H,2H2,1H3. The molecular weight excluding hydrogens is 276 g/mol. The van der Waals surface area contributed by atoms with Gasteiger partial charge in [0.25, 0.3) is 0 Å². The van der Waals surface area contributed by atoms with Crippen molar-refractivity contribution < 1.29 is 5.11 Å². The van der Waals surface area contributed by atoms with Crippen LogP contribution in [-0.4, -0.2) is 26.2 Å². The lowest BCUT2D eigenvalue weighted by atomic mass is 10.0. The molecule has 0 radical (unpaired) electrons. The van der Waals surface area contributed by atoms with Crippen molar-refractivity contribution in [2.75, 3.05) is 12.3 Å². The van der Waals surface area contributed by atoms with E-state index in [1.54, 1.807) is 6.92 Å². The van der Waals surface area contributed by atoms with Gasteiger partial charge >= 0.3 is 0 Å². The van der Waals surface area contributed by atoms with Gasteiger partial charge in [0.1, 0.15) is 17.8 Å². The predicted molar refractivity (Wildman–Crippen MR) is 90.5 cm³/mol. The lowest BCUT2D eigenvalue weighted by molar-refractivity contribution is 0.318. The molecule has 2 heterocycles. The highest BCUT2D eigenvalue weighted by Gasteiger charge is 2.13. The Morgan fingerprint density at radius 3 is 2.36 bits per heavy atom. The number of benzene rings is 1. The summed E-state index contributed by atoms with van der Waals surface area (Å²) in [4.78, 5) is 8.46. The van der Waals surface area contributed by atoms with Crippen LogP contribution in [0.1, 0.15) is 19.4 Å². The maximum Gasteiger partial charge on any atom is 0.146 e. The number of nitrogens with zero attached hydrogens (tertiary/aromatic N) is 3. The molecule has 1 aromatic carbocycles. The van der Waals surface area contributed by atoms with E-state index in [2.05, 4.69) is 58.8 Å². The Hall–Kier alpha value is -2.40. The number of aliphatic hydroxyl groups excluding tert-OH is 1. The molecule has 5 nitrogen and oxygen atoms in total. The van der Waals surface area contributed by atoms with Gasteiger partial charge < -0.3 is 15.4 Å². The summed E-state index contributed by atoms with van der Waals surface area (Å²) in [6.07, 6.45) is 3.61. The summed E-state index contributed by atoms with van der Waals surface area (Å²) >= 11 is 0. The number of anilines is 1. The molecule has 0 spiro atoms. The fourth-order valence-corrected chi connectivity index (χ4v) is 2.34. The molecule has 0 amide bonds. The van der Waals surface area contributed by atoms with Crippen molar-refractivity contribution in [3.05, 3.63) is 42.4 Å². The average molecular weight is 298 g/mol. The third-order valence-electron chi connectivity index (χ3n) is 3.39. The second-order valence-electron chi connectivity index (χ2n) is 4.97. The van der Waals surface area contributed by atoms with Gasteiger partial charge in [0, 0.05) is 24.9 Å². The summed E-state index contributed by atoms with van der Waals surface area (Å²) in [5, 5.41) is 8.51. The quantitative estimate of drug-likeness (QED) is 0.762. The van der Waals surface area contributed by atoms with Gasteiger partial charge in [-0.05, 0) is 26.3 Å². The van der Waals surface area contributed by atoms with E-state index < -0.39 is 0 Å². The maximum absolute atomic E-state index is 7.57. The highest BCUT2D eigenvalue weighted by Crippen LogP contribution is 2.32. The Morgan fingerprint density at radius 1 is 1.14 bits per heavy atom. The van der Waals surface area contributed by atoms with Crippen LogP contribution in [0.15, 0.2) is 36.8 Å². The fourth-order valence-electron chi connectivity index (χ4n) is 2.34. The SMILES string of the molecule is CCO.CCn1cc(-c2ccc(C)cc2)c2c(N)ncnc21. The molecule has 22 heavy (non-hydrogen) atoms. The van der Waals surface area contributed by atoms with Gasteiger partial charge in [-0.1, -0.05) is 29.8 Å². The van der Waals surface area contributed by atoms with Crippen molar-refractivity contribution in [1.82, 2.24) is 14.5 Å². The van der Waals surface area contributed by atoms with E-state index in [0.717, 1.165) is 28.7 Å². The topological polar surface area (TPSA) is 77.0 Å². The molecule has 5 heteroatoms. The first-order chi connectivity index (χ1) is 10.6. The summed E-state index contributed by atoms with van der Waals surface area (Å²) in [6.45, 7) is 6.96. The van der Waals surface area contributed by atoms with Crippen LogP contribution in [-0.2, 0) is 6.54 Å². The fraction of sp³-hybridized carbons (Fsp3) is 0.294. The molecular formula is C17H22N4O. The van der Waals surface area contributed by atoms with Gasteiger partial charge in [0.2, 0.25) is 0 Å². The first-order valence-corrected chi connectivity index (χ1v) is 7.39. The number of rotatable bonds is 2. The van der Waals surface area contributed by atoms with Crippen LogP contribution >= 0.6 is 0 Å². The Labute approximate surface area is 130 Å². The molecule has 0 saturated carbocycles. The van der Waals surface area contributed by atoms with E-state index >= 15 is 0 Å². The summed E-state index contributed by atoms with van der Waals surface area (Å²) in [5.41, 5.74) is 10.4. The Kier molecular flexibility index (Phi) is 5.12. The van der Waals surface area contributed by atoms with Crippen molar-refractivity contribution >= 4 is 16.9 Å². The minimum Gasteiger partial charge on any atom is -0.397 e. The van der Waals surface area contributed by atoms with Gasteiger partial charge in [-0.2, -0.15) is 0 Å². The van der Waals surface area contributed by atoms with Crippen LogP contribution in [0.4, 0.5) is 5.82 Å². The van der Waals surface area contributed by atoms with Crippen molar-refractivity contribution in [1.29, 1.82) is 0 Å². The van der Waals surface area contributed by atoms with Crippen molar-refractivity contribution in [3.63, 3.8) is 0 Å². The second-order valence-corrected chi connectivity index (χ2v) is 4.97. The van der Waals surface area contributed by atoms with E-state index in [-0.39, 0.29) is 6.61 Å². The summed E-state index contributed by atoms with van der Waals surface area (Å²) in [6, 6.07) is 8.42. The molecule has 0 bridgehead atoms. The molecule has 3 N–H and O–H groups in total. The number of aryl methyl sites for hydroxylation is 2. The zero-order valence-electron chi connectivity index (χ0n) is 13.2. The monoisotopic (exact) mass is 298 g/mol. The number of nitrogen functional groups attached to an aromatic ring is 1. The molecule has 3 rings (SSSR count). The van der Waals surface area contributed by atoms with Crippen LogP contribution < -0.4 is 5.73 Å². The van der Waals surface area contributed by atoms with Crippen LogP contribution in [0.3, 0.4) is 0 Å². The predicted octanol–water partition coefficient (Wildman–Crippen LogP) is 3.01. The van der Waals surface area contributed by atoms with E-state index in [9.17, 15) is 0 Å². The van der Waals surface area contributed by atoms with Crippen molar-refractivity contribution in [2.45, 2.75) is 27.3 Å². The number of nitrogens with two attached hydrogens (primary N) is 1.